The van der Waals surface area contributed by atoms with E-state index in [-0.39, 0.29) is 17.6 Å². The second kappa shape index (κ2) is 10.1. The molecule has 1 amide bonds. The van der Waals surface area contributed by atoms with Crippen molar-refractivity contribution in [3.05, 3.63) is 82.4 Å². The number of hydrogen-bond donors (Lipinski definition) is 1. The SMILES string of the molecule is Cc1ccc(NS(=O)(=O)c2cc(C(=O)N3CCN(Cc4ccc5c(c4)OCO5)CC3)ccc2C)c(C)c1. The summed E-state index contributed by atoms with van der Waals surface area (Å²) in [6.07, 6.45) is 0. The number of aryl methyl sites for hydroxylation is 3. The van der Waals surface area contributed by atoms with Gasteiger partial charge in [-0.2, -0.15) is 0 Å². The number of benzene rings is 3. The lowest BCUT2D eigenvalue weighted by molar-refractivity contribution is 0.0628. The molecule has 37 heavy (non-hydrogen) atoms. The van der Waals surface area contributed by atoms with Crippen LogP contribution in [0.4, 0.5) is 5.69 Å². The number of anilines is 1. The van der Waals surface area contributed by atoms with Gasteiger partial charge in [0.05, 0.1) is 10.6 Å². The molecule has 1 fully saturated rings. The summed E-state index contributed by atoms with van der Waals surface area (Å²) in [5, 5.41) is 0. The standard InChI is InChI=1S/C28H31N3O5S/c1-19-4-8-24(21(3)14-19)29-37(33,34)27-16-23(7-5-20(27)2)28(32)31-12-10-30(11-13-31)17-22-6-9-25-26(15-22)36-18-35-25/h4-9,14-16,29H,10-13,17-18H2,1-3H3. The van der Waals surface area contributed by atoms with Crippen molar-refractivity contribution in [2.45, 2.75) is 32.2 Å². The number of nitrogens with one attached hydrogen (secondary N) is 1. The minimum Gasteiger partial charge on any atom is -0.454 e. The number of amides is 1. The van der Waals surface area contributed by atoms with Gasteiger partial charge in [-0.05, 0) is 67.8 Å². The Kier molecular flexibility index (Phi) is 6.83. The van der Waals surface area contributed by atoms with Crippen molar-refractivity contribution >= 4 is 21.6 Å². The number of piperazine rings is 1. The topological polar surface area (TPSA) is 88.2 Å². The Balaban J connectivity index is 1.25. The van der Waals surface area contributed by atoms with E-state index in [0.717, 1.165) is 47.8 Å². The lowest BCUT2D eigenvalue weighted by Gasteiger charge is -2.35. The van der Waals surface area contributed by atoms with Crippen LogP contribution in [-0.2, 0) is 16.6 Å². The maximum absolute atomic E-state index is 13.3. The normalized spacial score (nSPS) is 15.6. The molecule has 1 saturated heterocycles. The van der Waals surface area contributed by atoms with Crippen LogP contribution >= 0.6 is 0 Å². The van der Waals surface area contributed by atoms with Crippen LogP contribution in [0.3, 0.4) is 0 Å². The molecule has 194 valence electrons. The number of fused-ring (bicyclic) bond motifs is 1. The molecule has 0 bridgehead atoms. The van der Waals surface area contributed by atoms with Crippen LogP contribution in [0.25, 0.3) is 0 Å². The Bertz CT molecular complexity index is 1450. The lowest BCUT2D eigenvalue weighted by Crippen LogP contribution is -2.48. The molecule has 8 nitrogen and oxygen atoms in total. The fourth-order valence-electron chi connectivity index (χ4n) is 4.74. The summed E-state index contributed by atoms with van der Waals surface area (Å²) in [5.74, 6) is 1.37. The summed E-state index contributed by atoms with van der Waals surface area (Å²) in [6, 6.07) is 16.4. The highest BCUT2D eigenvalue weighted by Crippen LogP contribution is 2.33. The first-order valence-corrected chi connectivity index (χ1v) is 13.8. The molecular formula is C28H31N3O5S. The maximum Gasteiger partial charge on any atom is 0.262 e. The predicted molar refractivity (Wildman–Crippen MR) is 142 cm³/mol. The average Bonchev–Trinajstić information content (AvgIpc) is 3.34. The largest absolute Gasteiger partial charge is 0.454 e. The van der Waals surface area contributed by atoms with E-state index in [1.54, 1.807) is 30.0 Å². The van der Waals surface area contributed by atoms with E-state index in [4.69, 9.17) is 9.47 Å². The van der Waals surface area contributed by atoms with Crippen LogP contribution in [-0.4, -0.2) is 57.1 Å². The molecule has 2 aliphatic rings. The van der Waals surface area contributed by atoms with Crippen LogP contribution in [0.5, 0.6) is 11.5 Å². The second-order valence-electron chi connectivity index (χ2n) is 9.66. The summed E-state index contributed by atoms with van der Waals surface area (Å²) >= 11 is 0. The molecule has 0 unspecified atom stereocenters. The van der Waals surface area contributed by atoms with Crippen molar-refractivity contribution in [3.8, 4) is 11.5 Å². The zero-order chi connectivity index (χ0) is 26.2. The van der Waals surface area contributed by atoms with Gasteiger partial charge in [0.25, 0.3) is 15.9 Å². The molecule has 3 aromatic carbocycles. The summed E-state index contributed by atoms with van der Waals surface area (Å²) < 4.78 is 40.0. The van der Waals surface area contributed by atoms with Crippen molar-refractivity contribution in [3.63, 3.8) is 0 Å². The maximum atomic E-state index is 13.3. The van der Waals surface area contributed by atoms with E-state index in [9.17, 15) is 13.2 Å². The Labute approximate surface area is 217 Å². The molecule has 1 N–H and O–H groups in total. The number of sulfonamides is 1. The van der Waals surface area contributed by atoms with Crippen LogP contribution in [0, 0.1) is 20.8 Å². The number of rotatable bonds is 6. The quantitative estimate of drug-likeness (QED) is 0.526. The zero-order valence-electron chi connectivity index (χ0n) is 21.3. The Morgan fingerprint density at radius 1 is 0.865 bits per heavy atom. The Morgan fingerprint density at radius 3 is 2.38 bits per heavy atom. The summed E-state index contributed by atoms with van der Waals surface area (Å²) in [4.78, 5) is 17.5. The summed E-state index contributed by atoms with van der Waals surface area (Å²) in [6.45, 7) is 9.17. The van der Waals surface area contributed by atoms with Gasteiger partial charge in [-0.15, -0.1) is 0 Å². The number of carbonyl (C=O) groups is 1. The van der Waals surface area contributed by atoms with E-state index in [2.05, 4.69) is 9.62 Å². The summed E-state index contributed by atoms with van der Waals surface area (Å²) in [5.41, 5.74) is 4.51. The van der Waals surface area contributed by atoms with Gasteiger partial charge in [-0.25, -0.2) is 8.42 Å². The Morgan fingerprint density at radius 2 is 1.62 bits per heavy atom. The molecule has 0 spiro atoms. The molecule has 0 atom stereocenters. The van der Waals surface area contributed by atoms with Crippen LogP contribution < -0.4 is 14.2 Å². The molecule has 0 aromatic heterocycles. The van der Waals surface area contributed by atoms with Crippen LogP contribution in [0.1, 0.15) is 32.6 Å². The lowest BCUT2D eigenvalue weighted by atomic mass is 10.1. The second-order valence-corrected chi connectivity index (χ2v) is 11.3. The van der Waals surface area contributed by atoms with Gasteiger partial charge in [-0.3, -0.25) is 14.4 Å². The highest BCUT2D eigenvalue weighted by atomic mass is 32.2. The minimum atomic E-state index is -3.86. The third-order valence-electron chi connectivity index (χ3n) is 6.85. The zero-order valence-corrected chi connectivity index (χ0v) is 22.1. The van der Waals surface area contributed by atoms with Gasteiger partial charge in [0.15, 0.2) is 11.5 Å². The smallest absolute Gasteiger partial charge is 0.262 e. The van der Waals surface area contributed by atoms with Gasteiger partial charge < -0.3 is 14.4 Å². The van der Waals surface area contributed by atoms with Crippen LogP contribution in [0.2, 0.25) is 0 Å². The molecule has 2 aliphatic heterocycles. The first-order valence-electron chi connectivity index (χ1n) is 12.3. The number of nitrogens with zero attached hydrogens (tertiary/aromatic N) is 2. The number of ether oxygens (including phenoxy) is 2. The third kappa shape index (κ3) is 5.42. The number of carbonyl (C=O) groups excluding carboxylic acids is 1. The molecule has 3 aromatic rings. The predicted octanol–water partition coefficient (Wildman–Crippen LogP) is 4.10. The molecule has 2 heterocycles. The van der Waals surface area contributed by atoms with Crippen molar-refractivity contribution < 1.29 is 22.7 Å². The fourth-order valence-corrected chi connectivity index (χ4v) is 6.14. The minimum absolute atomic E-state index is 0.111. The van der Waals surface area contributed by atoms with E-state index < -0.39 is 10.0 Å². The average molecular weight is 522 g/mol. The van der Waals surface area contributed by atoms with Crippen molar-refractivity contribution in [1.82, 2.24) is 9.80 Å². The molecule has 0 radical (unpaired) electrons. The first-order chi connectivity index (χ1) is 17.7. The highest BCUT2D eigenvalue weighted by Gasteiger charge is 2.25. The van der Waals surface area contributed by atoms with E-state index in [1.165, 1.54) is 6.07 Å². The van der Waals surface area contributed by atoms with Crippen molar-refractivity contribution in [2.24, 2.45) is 0 Å². The molecule has 0 aliphatic carbocycles. The monoisotopic (exact) mass is 521 g/mol. The van der Waals surface area contributed by atoms with Crippen molar-refractivity contribution in [2.75, 3.05) is 37.7 Å². The molecular weight excluding hydrogens is 490 g/mol. The van der Waals surface area contributed by atoms with Crippen LogP contribution in [0.15, 0.2) is 59.5 Å². The molecule has 0 saturated carbocycles. The first kappa shape index (κ1) is 25.1. The van der Waals surface area contributed by atoms with Gasteiger partial charge in [0, 0.05) is 38.3 Å². The van der Waals surface area contributed by atoms with Gasteiger partial charge in [0.1, 0.15) is 0 Å². The van der Waals surface area contributed by atoms with E-state index in [1.807, 2.05) is 44.2 Å². The molecule has 9 heteroatoms. The Hall–Kier alpha value is -3.56. The van der Waals surface area contributed by atoms with Gasteiger partial charge in [-0.1, -0.05) is 29.8 Å². The summed E-state index contributed by atoms with van der Waals surface area (Å²) in [7, 11) is -3.86. The van der Waals surface area contributed by atoms with Gasteiger partial charge in [0.2, 0.25) is 6.79 Å². The highest BCUT2D eigenvalue weighted by molar-refractivity contribution is 7.92. The fraction of sp³-hybridized carbons (Fsp3) is 0.321. The number of hydrogen-bond acceptors (Lipinski definition) is 6. The van der Waals surface area contributed by atoms with Gasteiger partial charge >= 0.3 is 0 Å². The van der Waals surface area contributed by atoms with Crippen molar-refractivity contribution in [1.29, 1.82) is 0 Å². The third-order valence-corrected chi connectivity index (χ3v) is 8.36. The van der Waals surface area contributed by atoms with E-state index in [0.29, 0.717) is 29.9 Å². The molecule has 5 rings (SSSR count). The van der Waals surface area contributed by atoms with E-state index >= 15 is 0 Å².